The lowest BCUT2D eigenvalue weighted by Gasteiger charge is -2.25. The van der Waals surface area contributed by atoms with Crippen LogP contribution in [0.4, 0.5) is 4.39 Å². The first-order valence-electron chi connectivity index (χ1n) is 7.88. The van der Waals surface area contributed by atoms with Crippen LogP contribution in [0.2, 0.25) is 0 Å². The Labute approximate surface area is 144 Å². The summed E-state index contributed by atoms with van der Waals surface area (Å²) in [5.74, 6) is -0.550. The summed E-state index contributed by atoms with van der Waals surface area (Å²) < 4.78 is 18.5. The molecule has 3 aromatic rings. The summed E-state index contributed by atoms with van der Waals surface area (Å²) in [7, 11) is 3.77. The summed E-state index contributed by atoms with van der Waals surface area (Å²) >= 11 is 0. The van der Waals surface area contributed by atoms with E-state index in [0.29, 0.717) is 28.9 Å². The van der Waals surface area contributed by atoms with Crippen LogP contribution in [0.3, 0.4) is 0 Å². The Morgan fingerprint density at radius 3 is 2.88 bits per heavy atom. The number of amides is 1. The molecule has 1 N–H and O–H groups in total. The van der Waals surface area contributed by atoms with E-state index in [1.807, 2.05) is 25.1 Å². The van der Waals surface area contributed by atoms with Crippen LogP contribution in [0.15, 0.2) is 41.1 Å². The minimum absolute atomic E-state index is 0.145. The van der Waals surface area contributed by atoms with Crippen LogP contribution < -0.4 is 5.32 Å². The van der Waals surface area contributed by atoms with Gasteiger partial charge >= 0.3 is 0 Å². The standard InChI is InChI=1S/C18H19FN4O2/c1-11-15-8-13(9-21-18(15)25-22-11)17(24)20-10-16(23(2)3)12-5-4-6-14(19)7-12/h4-9,16H,10H2,1-3H3,(H,20,24)/t16-/m0/s1. The SMILES string of the molecule is Cc1noc2ncc(C(=O)NC[C@@H](c3cccc(F)c3)N(C)C)cc12. The molecule has 0 fully saturated rings. The zero-order chi connectivity index (χ0) is 18.0. The maximum absolute atomic E-state index is 13.5. The zero-order valence-electron chi connectivity index (χ0n) is 14.3. The monoisotopic (exact) mass is 342 g/mol. The first-order valence-corrected chi connectivity index (χ1v) is 7.88. The van der Waals surface area contributed by atoms with Crippen molar-refractivity contribution < 1.29 is 13.7 Å². The molecule has 25 heavy (non-hydrogen) atoms. The number of pyridine rings is 1. The number of nitrogens with zero attached hydrogens (tertiary/aromatic N) is 3. The number of carbonyl (C=O) groups is 1. The largest absolute Gasteiger partial charge is 0.350 e. The van der Waals surface area contributed by atoms with Crippen LogP contribution in [0, 0.1) is 12.7 Å². The minimum Gasteiger partial charge on any atom is -0.350 e. The third kappa shape index (κ3) is 3.66. The first kappa shape index (κ1) is 17.0. The predicted octanol–water partition coefficient (Wildman–Crippen LogP) is 2.70. The highest BCUT2D eigenvalue weighted by molar-refractivity contribution is 5.96. The Kier molecular flexibility index (Phi) is 4.76. The summed E-state index contributed by atoms with van der Waals surface area (Å²) in [5, 5.41) is 7.42. The Hall–Kier alpha value is -2.80. The van der Waals surface area contributed by atoms with Crippen molar-refractivity contribution in [1.29, 1.82) is 0 Å². The third-order valence-electron chi connectivity index (χ3n) is 4.08. The minimum atomic E-state index is -0.298. The quantitative estimate of drug-likeness (QED) is 0.772. The average Bonchev–Trinajstić information content (AvgIpc) is 2.95. The molecular formula is C18H19FN4O2. The molecule has 0 spiro atoms. The molecule has 0 bridgehead atoms. The molecule has 2 aromatic heterocycles. The van der Waals surface area contributed by atoms with E-state index in [1.54, 1.807) is 19.1 Å². The van der Waals surface area contributed by atoms with Crippen molar-refractivity contribution in [3.8, 4) is 0 Å². The molecule has 2 heterocycles. The molecular weight excluding hydrogens is 323 g/mol. The number of benzene rings is 1. The Morgan fingerprint density at radius 2 is 2.16 bits per heavy atom. The number of rotatable bonds is 5. The van der Waals surface area contributed by atoms with Gasteiger partial charge in [-0.1, -0.05) is 17.3 Å². The fourth-order valence-electron chi connectivity index (χ4n) is 2.67. The fourth-order valence-corrected chi connectivity index (χ4v) is 2.67. The normalized spacial score (nSPS) is 12.5. The van der Waals surface area contributed by atoms with Crippen molar-refractivity contribution in [3.63, 3.8) is 0 Å². The lowest BCUT2D eigenvalue weighted by atomic mass is 10.1. The molecule has 3 rings (SSSR count). The van der Waals surface area contributed by atoms with Crippen LogP contribution in [0.25, 0.3) is 11.1 Å². The van der Waals surface area contributed by atoms with Gasteiger partial charge in [0.25, 0.3) is 11.6 Å². The summed E-state index contributed by atoms with van der Waals surface area (Å²) in [4.78, 5) is 18.5. The van der Waals surface area contributed by atoms with E-state index in [0.717, 1.165) is 5.56 Å². The third-order valence-corrected chi connectivity index (χ3v) is 4.08. The summed E-state index contributed by atoms with van der Waals surface area (Å²) in [6, 6.07) is 7.94. The maximum Gasteiger partial charge on any atom is 0.257 e. The second kappa shape index (κ2) is 6.98. The summed E-state index contributed by atoms with van der Waals surface area (Å²) in [6.45, 7) is 2.14. The number of aryl methyl sites for hydroxylation is 1. The van der Waals surface area contributed by atoms with Crippen LogP contribution in [-0.2, 0) is 0 Å². The second-order valence-electron chi connectivity index (χ2n) is 6.09. The number of aromatic nitrogens is 2. The van der Waals surface area contributed by atoms with Gasteiger partial charge in [0.05, 0.1) is 22.7 Å². The lowest BCUT2D eigenvalue weighted by Crippen LogP contribution is -2.34. The predicted molar refractivity (Wildman–Crippen MR) is 91.7 cm³/mol. The van der Waals surface area contributed by atoms with Gasteiger partial charge < -0.3 is 14.7 Å². The molecule has 1 amide bonds. The van der Waals surface area contributed by atoms with Gasteiger partial charge in [0.1, 0.15) is 5.82 Å². The highest BCUT2D eigenvalue weighted by Gasteiger charge is 2.17. The van der Waals surface area contributed by atoms with Gasteiger partial charge in [0.2, 0.25) is 0 Å². The molecule has 0 radical (unpaired) electrons. The van der Waals surface area contributed by atoms with Crippen molar-refractivity contribution in [3.05, 3.63) is 59.2 Å². The first-order chi connectivity index (χ1) is 12.0. The van der Waals surface area contributed by atoms with Gasteiger partial charge in [0, 0.05) is 12.7 Å². The lowest BCUT2D eigenvalue weighted by molar-refractivity contribution is 0.0941. The van der Waals surface area contributed by atoms with E-state index >= 15 is 0 Å². The smallest absolute Gasteiger partial charge is 0.257 e. The van der Waals surface area contributed by atoms with Crippen molar-refractivity contribution in [2.75, 3.05) is 20.6 Å². The number of carbonyl (C=O) groups excluding carboxylic acids is 1. The van der Waals surface area contributed by atoms with Gasteiger partial charge in [-0.2, -0.15) is 0 Å². The fraction of sp³-hybridized carbons (Fsp3) is 0.278. The number of halogens is 1. The molecule has 7 heteroatoms. The van der Waals surface area contributed by atoms with Gasteiger partial charge in [-0.15, -0.1) is 0 Å². The molecule has 0 saturated carbocycles. The van der Waals surface area contributed by atoms with Crippen LogP contribution in [-0.4, -0.2) is 41.6 Å². The van der Waals surface area contributed by atoms with Crippen LogP contribution in [0.1, 0.15) is 27.7 Å². The molecule has 1 atom stereocenters. The molecule has 0 aliphatic rings. The van der Waals surface area contributed by atoms with Gasteiger partial charge in [-0.25, -0.2) is 9.37 Å². The number of hydrogen-bond acceptors (Lipinski definition) is 5. The summed E-state index contributed by atoms with van der Waals surface area (Å²) in [5.41, 5.74) is 2.31. The van der Waals surface area contributed by atoms with Crippen molar-refractivity contribution in [1.82, 2.24) is 20.4 Å². The van der Waals surface area contributed by atoms with Crippen LogP contribution >= 0.6 is 0 Å². The highest BCUT2D eigenvalue weighted by Crippen LogP contribution is 2.19. The summed E-state index contributed by atoms with van der Waals surface area (Å²) in [6.07, 6.45) is 1.45. The number of hydrogen-bond donors (Lipinski definition) is 1. The molecule has 0 unspecified atom stereocenters. The van der Waals surface area contributed by atoms with E-state index in [2.05, 4.69) is 15.5 Å². The molecule has 0 aliphatic carbocycles. The Balaban J connectivity index is 1.75. The van der Waals surface area contributed by atoms with E-state index in [4.69, 9.17) is 4.52 Å². The number of fused-ring (bicyclic) bond motifs is 1. The average molecular weight is 342 g/mol. The molecule has 0 saturated heterocycles. The molecule has 1 aromatic carbocycles. The van der Waals surface area contributed by atoms with E-state index in [1.165, 1.54) is 18.3 Å². The van der Waals surface area contributed by atoms with Gasteiger partial charge in [-0.05, 0) is 44.8 Å². The van der Waals surface area contributed by atoms with Crippen LogP contribution in [0.5, 0.6) is 0 Å². The Bertz CT molecular complexity index is 907. The molecule has 0 aliphatic heterocycles. The zero-order valence-corrected chi connectivity index (χ0v) is 14.3. The van der Waals surface area contributed by atoms with Gasteiger partial charge in [-0.3, -0.25) is 4.79 Å². The van der Waals surface area contributed by atoms with Crippen molar-refractivity contribution in [2.24, 2.45) is 0 Å². The van der Waals surface area contributed by atoms with Gasteiger partial charge in [0.15, 0.2) is 0 Å². The highest BCUT2D eigenvalue weighted by atomic mass is 19.1. The van der Waals surface area contributed by atoms with E-state index in [9.17, 15) is 9.18 Å². The molecule has 6 nitrogen and oxygen atoms in total. The van der Waals surface area contributed by atoms with Crippen molar-refractivity contribution in [2.45, 2.75) is 13.0 Å². The number of nitrogens with one attached hydrogen (secondary N) is 1. The van der Waals surface area contributed by atoms with E-state index in [-0.39, 0.29) is 17.8 Å². The topological polar surface area (TPSA) is 71.3 Å². The maximum atomic E-state index is 13.5. The molecule has 130 valence electrons. The number of likely N-dealkylation sites (N-methyl/N-ethyl adjacent to an activating group) is 1. The van der Waals surface area contributed by atoms with Crippen molar-refractivity contribution >= 4 is 17.0 Å². The second-order valence-corrected chi connectivity index (χ2v) is 6.09. The Morgan fingerprint density at radius 1 is 1.36 bits per heavy atom. The van der Waals surface area contributed by atoms with E-state index < -0.39 is 0 Å².